The number of rotatable bonds is 3. The molecule has 0 aliphatic rings. The number of ether oxygens (including phenoxy) is 1. The first-order chi connectivity index (χ1) is 4.31. The average Bonchev–Trinajstić information content (AvgIpc) is 1.85. The van der Waals surface area contributed by atoms with Crippen LogP contribution in [0.3, 0.4) is 0 Å². The average molecular weight is 243 g/mol. The quantitative estimate of drug-likeness (QED) is 0.463. The standard InChI is InChI=1S/C5H10INO2/c1-2-3-9-5(8)7-4-6/h2-4H2,1H3,(H,7,8). The molecule has 0 rings (SSSR count). The van der Waals surface area contributed by atoms with Gasteiger partial charge in [0.05, 0.1) is 11.2 Å². The molecule has 54 valence electrons. The molecule has 3 nitrogen and oxygen atoms in total. The van der Waals surface area contributed by atoms with E-state index in [1.807, 2.05) is 29.5 Å². The van der Waals surface area contributed by atoms with Crippen LogP contribution in [0.25, 0.3) is 0 Å². The Labute approximate surface area is 68.3 Å². The second-order valence-electron chi connectivity index (χ2n) is 1.45. The molecule has 0 aromatic heterocycles. The smallest absolute Gasteiger partial charge is 0.407 e. The molecule has 0 aromatic rings. The van der Waals surface area contributed by atoms with E-state index >= 15 is 0 Å². The van der Waals surface area contributed by atoms with Gasteiger partial charge in [-0.1, -0.05) is 29.5 Å². The molecule has 0 saturated carbocycles. The molecule has 0 unspecified atom stereocenters. The van der Waals surface area contributed by atoms with Crippen molar-refractivity contribution in [2.75, 3.05) is 11.2 Å². The molecule has 0 fully saturated rings. The van der Waals surface area contributed by atoms with Crippen molar-refractivity contribution in [1.82, 2.24) is 5.32 Å². The summed E-state index contributed by atoms with van der Waals surface area (Å²) in [6.45, 7) is 2.46. The zero-order valence-electron chi connectivity index (χ0n) is 5.32. The van der Waals surface area contributed by atoms with Gasteiger partial charge in [-0.05, 0) is 6.42 Å². The molecule has 0 atom stereocenters. The lowest BCUT2D eigenvalue weighted by atomic mass is 10.5. The van der Waals surface area contributed by atoms with E-state index in [2.05, 4.69) is 10.1 Å². The number of halogens is 1. The minimum atomic E-state index is -0.328. The zero-order chi connectivity index (χ0) is 7.11. The van der Waals surface area contributed by atoms with Gasteiger partial charge >= 0.3 is 6.09 Å². The van der Waals surface area contributed by atoms with Crippen LogP contribution in [-0.2, 0) is 4.74 Å². The number of hydrogen-bond donors (Lipinski definition) is 1. The Balaban J connectivity index is 3.06. The molecule has 1 N–H and O–H groups in total. The summed E-state index contributed by atoms with van der Waals surface area (Å²) in [7, 11) is 0. The van der Waals surface area contributed by atoms with E-state index in [9.17, 15) is 4.79 Å². The van der Waals surface area contributed by atoms with E-state index in [4.69, 9.17) is 0 Å². The second-order valence-corrected chi connectivity index (χ2v) is 2.21. The van der Waals surface area contributed by atoms with Gasteiger partial charge in [0.15, 0.2) is 0 Å². The van der Waals surface area contributed by atoms with Crippen LogP contribution in [0.1, 0.15) is 13.3 Å². The molecular weight excluding hydrogens is 233 g/mol. The molecule has 0 saturated heterocycles. The van der Waals surface area contributed by atoms with Gasteiger partial charge in [-0.2, -0.15) is 0 Å². The maximum atomic E-state index is 10.5. The third-order valence-electron chi connectivity index (χ3n) is 0.648. The Morgan fingerprint density at radius 3 is 2.89 bits per heavy atom. The van der Waals surface area contributed by atoms with Gasteiger partial charge in [-0.3, -0.25) is 0 Å². The highest BCUT2D eigenvalue weighted by molar-refractivity contribution is 14.1. The fraction of sp³-hybridized carbons (Fsp3) is 0.800. The third kappa shape index (κ3) is 5.88. The largest absolute Gasteiger partial charge is 0.450 e. The lowest BCUT2D eigenvalue weighted by Gasteiger charge is -2.00. The van der Waals surface area contributed by atoms with E-state index in [0.717, 1.165) is 6.42 Å². The van der Waals surface area contributed by atoms with Gasteiger partial charge in [0.25, 0.3) is 0 Å². The highest BCUT2D eigenvalue weighted by Crippen LogP contribution is 1.82. The Kier molecular flexibility index (Phi) is 6.12. The lowest BCUT2D eigenvalue weighted by Crippen LogP contribution is -2.22. The van der Waals surface area contributed by atoms with E-state index in [-0.39, 0.29) is 6.09 Å². The topological polar surface area (TPSA) is 38.3 Å². The number of carbonyl (C=O) groups excluding carboxylic acids is 1. The van der Waals surface area contributed by atoms with E-state index in [1.165, 1.54) is 0 Å². The minimum absolute atomic E-state index is 0.328. The van der Waals surface area contributed by atoms with Gasteiger partial charge in [0.2, 0.25) is 0 Å². The van der Waals surface area contributed by atoms with Crippen LogP contribution in [0.5, 0.6) is 0 Å². The van der Waals surface area contributed by atoms with Crippen LogP contribution >= 0.6 is 22.6 Å². The van der Waals surface area contributed by atoms with Gasteiger partial charge in [0, 0.05) is 0 Å². The maximum absolute atomic E-state index is 10.5. The molecule has 0 heterocycles. The predicted octanol–water partition coefficient (Wildman–Crippen LogP) is 1.52. The van der Waals surface area contributed by atoms with E-state index in [0.29, 0.717) is 11.2 Å². The number of hydrogen-bond acceptors (Lipinski definition) is 2. The normalized spacial score (nSPS) is 8.67. The highest BCUT2D eigenvalue weighted by atomic mass is 127. The number of alkyl halides is 1. The van der Waals surface area contributed by atoms with E-state index < -0.39 is 0 Å². The Morgan fingerprint density at radius 2 is 2.44 bits per heavy atom. The van der Waals surface area contributed by atoms with Gasteiger partial charge < -0.3 is 10.1 Å². The van der Waals surface area contributed by atoms with Gasteiger partial charge in [-0.15, -0.1) is 0 Å². The molecule has 0 radical (unpaired) electrons. The molecule has 0 aliphatic heterocycles. The van der Waals surface area contributed by atoms with Crippen molar-refractivity contribution in [1.29, 1.82) is 0 Å². The molecule has 0 bridgehead atoms. The number of nitrogens with one attached hydrogen (secondary N) is 1. The Bertz CT molecular complexity index is 87.0. The molecule has 0 spiro atoms. The van der Waals surface area contributed by atoms with Crippen LogP contribution in [-0.4, -0.2) is 17.3 Å². The Hall–Kier alpha value is 0. The van der Waals surface area contributed by atoms with Crippen molar-refractivity contribution >= 4 is 28.7 Å². The number of carbonyl (C=O) groups is 1. The minimum Gasteiger partial charge on any atom is -0.450 e. The van der Waals surface area contributed by atoms with Crippen LogP contribution in [0.4, 0.5) is 4.79 Å². The summed E-state index contributed by atoms with van der Waals surface area (Å²) >= 11 is 2.04. The van der Waals surface area contributed by atoms with Crippen LogP contribution < -0.4 is 5.32 Å². The highest BCUT2D eigenvalue weighted by Gasteiger charge is 1.95. The predicted molar refractivity (Wildman–Crippen MR) is 43.7 cm³/mol. The molecule has 9 heavy (non-hydrogen) atoms. The number of alkyl carbamates (subject to hydrolysis) is 1. The van der Waals surface area contributed by atoms with Gasteiger partial charge in [-0.25, -0.2) is 4.79 Å². The monoisotopic (exact) mass is 243 g/mol. The zero-order valence-corrected chi connectivity index (χ0v) is 7.47. The summed E-state index contributed by atoms with van der Waals surface area (Å²) < 4.78 is 5.27. The van der Waals surface area contributed by atoms with Crippen molar-refractivity contribution in [3.05, 3.63) is 0 Å². The molecule has 0 aliphatic carbocycles. The van der Waals surface area contributed by atoms with Crippen molar-refractivity contribution in [3.63, 3.8) is 0 Å². The van der Waals surface area contributed by atoms with Crippen LogP contribution in [0.2, 0.25) is 0 Å². The first kappa shape index (κ1) is 9.00. The SMILES string of the molecule is CCCOC(=O)NCI. The molecule has 4 heteroatoms. The van der Waals surface area contributed by atoms with Crippen molar-refractivity contribution in [2.45, 2.75) is 13.3 Å². The molecule has 0 aromatic carbocycles. The van der Waals surface area contributed by atoms with Crippen LogP contribution in [0, 0.1) is 0 Å². The van der Waals surface area contributed by atoms with Crippen LogP contribution in [0.15, 0.2) is 0 Å². The van der Waals surface area contributed by atoms with Crippen molar-refractivity contribution in [2.24, 2.45) is 0 Å². The Morgan fingerprint density at radius 1 is 1.78 bits per heavy atom. The summed E-state index contributed by atoms with van der Waals surface area (Å²) in [6, 6.07) is 0. The molecular formula is C5H10INO2. The van der Waals surface area contributed by atoms with Gasteiger partial charge in [0.1, 0.15) is 0 Å². The number of amides is 1. The summed E-state index contributed by atoms with van der Waals surface area (Å²) in [4.78, 5) is 10.5. The van der Waals surface area contributed by atoms with E-state index in [1.54, 1.807) is 0 Å². The summed E-state index contributed by atoms with van der Waals surface area (Å²) in [5.74, 6) is 0. The van der Waals surface area contributed by atoms with Crippen molar-refractivity contribution in [3.8, 4) is 0 Å². The molecule has 1 amide bonds. The summed E-state index contributed by atoms with van der Waals surface area (Å²) in [5, 5.41) is 2.51. The maximum Gasteiger partial charge on any atom is 0.407 e. The lowest BCUT2D eigenvalue weighted by molar-refractivity contribution is 0.148. The first-order valence-corrected chi connectivity index (χ1v) is 4.30. The second kappa shape index (κ2) is 6.12. The first-order valence-electron chi connectivity index (χ1n) is 2.77. The fourth-order valence-corrected chi connectivity index (χ4v) is 0.612. The summed E-state index contributed by atoms with van der Waals surface area (Å²) in [5.41, 5.74) is 0. The third-order valence-corrected chi connectivity index (χ3v) is 1.03. The fourth-order valence-electron chi connectivity index (χ4n) is 0.300. The summed E-state index contributed by atoms with van der Waals surface area (Å²) in [6.07, 6.45) is 0.542. The van der Waals surface area contributed by atoms with Crippen molar-refractivity contribution < 1.29 is 9.53 Å².